The minimum atomic E-state index is -0.434. The second-order valence-electron chi connectivity index (χ2n) is 7.44. The summed E-state index contributed by atoms with van der Waals surface area (Å²) in [5, 5.41) is 8.99. The molecule has 4 nitrogen and oxygen atoms in total. The van der Waals surface area contributed by atoms with Gasteiger partial charge in [-0.2, -0.15) is 0 Å². The summed E-state index contributed by atoms with van der Waals surface area (Å²) in [6.07, 6.45) is 5.02. The Hall–Kier alpha value is -1.07. The van der Waals surface area contributed by atoms with Crippen molar-refractivity contribution in [2.24, 2.45) is 0 Å². The number of thiophene rings is 1. The van der Waals surface area contributed by atoms with Gasteiger partial charge in [0.15, 0.2) is 0 Å². The minimum absolute atomic E-state index is 0.139. The number of ether oxygens (including phenoxy) is 1. The average Bonchev–Trinajstić information content (AvgIpc) is 2.89. The number of hydrogen-bond acceptors (Lipinski definition) is 4. The zero-order valence-corrected chi connectivity index (χ0v) is 14.5. The summed E-state index contributed by atoms with van der Waals surface area (Å²) in [7, 11) is 0. The van der Waals surface area contributed by atoms with Crippen molar-refractivity contribution in [1.29, 1.82) is 0 Å². The van der Waals surface area contributed by atoms with Crippen LogP contribution in [0.3, 0.4) is 0 Å². The van der Waals surface area contributed by atoms with Crippen molar-refractivity contribution in [1.82, 2.24) is 10.6 Å². The molecule has 1 aliphatic carbocycles. The highest BCUT2D eigenvalue weighted by molar-refractivity contribution is 7.10. The van der Waals surface area contributed by atoms with Gasteiger partial charge in [-0.15, -0.1) is 11.3 Å². The fraction of sp³-hybridized carbons (Fsp3) is 0.706. The van der Waals surface area contributed by atoms with Gasteiger partial charge in [0.25, 0.3) is 0 Å². The van der Waals surface area contributed by atoms with Crippen LogP contribution in [-0.4, -0.2) is 24.3 Å². The van der Waals surface area contributed by atoms with Crippen LogP contribution in [0.5, 0.6) is 0 Å². The molecule has 0 atom stereocenters. The lowest BCUT2D eigenvalue weighted by atomic mass is 9.73. The maximum atomic E-state index is 11.9. The molecule has 1 aromatic rings. The van der Waals surface area contributed by atoms with Crippen LogP contribution in [0.2, 0.25) is 0 Å². The van der Waals surface area contributed by atoms with Gasteiger partial charge in [-0.1, -0.05) is 0 Å². The van der Waals surface area contributed by atoms with Crippen molar-refractivity contribution in [2.75, 3.05) is 6.54 Å². The van der Waals surface area contributed by atoms with Gasteiger partial charge >= 0.3 is 6.09 Å². The highest BCUT2D eigenvalue weighted by Crippen LogP contribution is 2.42. The number of rotatable bonds is 1. The van der Waals surface area contributed by atoms with Crippen LogP contribution < -0.4 is 10.6 Å². The second-order valence-corrected chi connectivity index (χ2v) is 8.44. The van der Waals surface area contributed by atoms with E-state index >= 15 is 0 Å². The summed E-state index contributed by atoms with van der Waals surface area (Å²) in [5.74, 6) is 0. The molecule has 0 radical (unpaired) electrons. The molecule has 1 amide bonds. The number of nitrogens with one attached hydrogen (secondary N) is 2. The maximum absolute atomic E-state index is 11.9. The van der Waals surface area contributed by atoms with Crippen LogP contribution in [0.1, 0.15) is 56.9 Å². The first-order chi connectivity index (χ1) is 10.4. The standard InChI is InChI=1S/C17H26N2O2S/c1-16(2,3)21-15(20)19-12-4-8-17(9-5-12)13-7-11-22-14(13)6-10-18-17/h7,11-12,18H,4-6,8-10H2,1-3H3,(H,19,20). The van der Waals surface area contributed by atoms with E-state index in [0.717, 1.165) is 38.6 Å². The third-order valence-corrected chi connectivity index (χ3v) is 5.62. The Kier molecular flexibility index (Phi) is 4.21. The predicted octanol–water partition coefficient (Wildman–Crippen LogP) is 3.56. The first-order valence-corrected chi connectivity index (χ1v) is 9.07. The molecule has 1 saturated carbocycles. The van der Waals surface area contributed by atoms with Crippen LogP contribution in [-0.2, 0) is 16.7 Å². The lowest BCUT2D eigenvalue weighted by Gasteiger charge is -2.44. The van der Waals surface area contributed by atoms with E-state index in [9.17, 15) is 4.79 Å². The monoisotopic (exact) mass is 322 g/mol. The molecule has 1 aliphatic heterocycles. The zero-order chi connectivity index (χ0) is 15.8. The van der Waals surface area contributed by atoms with Crippen LogP contribution in [0.4, 0.5) is 4.79 Å². The van der Waals surface area contributed by atoms with E-state index in [1.165, 1.54) is 10.4 Å². The summed E-state index contributed by atoms with van der Waals surface area (Å²) < 4.78 is 5.36. The maximum Gasteiger partial charge on any atom is 0.407 e. The lowest BCUT2D eigenvalue weighted by Crippen LogP contribution is -2.52. The van der Waals surface area contributed by atoms with Crippen molar-refractivity contribution in [3.63, 3.8) is 0 Å². The minimum Gasteiger partial charge on any atom is -0.444 e. The molecule has 3 rings (SSSR count). The van der Waals surface area contributed by atoms with Gasteiger partial charge in [-0.05, 0) is 69.9 Å². The first kappa shape index (κ1) is 15.8. The van der Waals surface area contributed by atoms with E-state index in [2.05, 4.69) is 22.1 Å². The Balaban J connectivity index is 1.59. The molecule has 1 fully saturated rings. The van der Waals surface area contributed by atoms with Crippen molar-refractivity contribution in [2.45, 2.75) is 70.1 Å². The molecule has 1 spiro atoms. The normalized spacial score (nSPS) is 28.2. The van der Waals surface area contributed by atoms with Crippen molar-refractivity contribution in [3.8, 4) is 0 Å². The average molecular weight is 322 g/mol. The van der Waals surface area contributed by atoms with Crippen LogP contribution in [0.15, 0.2) is 11.4 Å². The number of carbonyl (C=O) groups excluding carboxylic acids is 1. The summed E-state index contributed by atoms with van der Waals surface area (Å²) in [5.41, 5.74) is 1.20. The molecule has 0 bridgehead atoms. The van der Waals surface area contributed by atoms with Crippen molar-refractivity contribution in [3.05, 3.63) is 21.9 Å². The van der Waals surface area contributed by atoms with Crippen LogP contribution in [0, 0.1) is 0 Å². The number of amides is 1. The molecular formula is C17H26N2O2S. The van der Waals surface area contributed by atoms with E-state index in [1.807, 2.05) is 32.1 Å². The SMILES string of the molecule is CC(C)(C)OC(=O)NC1CCC2(CC1)NCCc1sccc12. The van der Waals surface area contributed by atoms with Gasteiger partial charge in [0.2, 0.25) is 0 Å². The Morgan fingerprint density at radius 1 is 1.41 bits per heavy atom. The summed E-state index contributed by atoms with van der Waals surface area (Å²) in [6.45, 7) is 6.75. The molecule has 2 heterocycles. The van der Waals surface area contributed by atoms with Gasteiger partial charge in [-0.3, -0.25) is 0 Å². The smallest absolute Gasteiger partial charge is 0.407 e. The molecule has 5 heteroatoms. The van der Waals surface area contributed by atoms with Gasteiger partial charge in [0.05, 0.1) is 0 Å². The van der Waals surface area contributed by atoms with Crippen LogP contribution in [0.25, 0.3) is 0 Å². The zero-order valence-electron chi connectivity index (χ0n) is 13.7. The largest absolute Gasteiger partial charge is 0.444 e. The van der Waals surface area contributed by atoms with Gasteiger partial charge in [0.1, 0.15) is 5.60 Å². The summed E-state index contributed by atoms with van der Waals surface area (Å²) in [4.78, 5) is 13.4. The van der Waals surface area contributed by atoms with Crippen LogP contribution >= 0.6 is 11.3 Å². The molecule has 1 aromatic heterocycles. The van der Waals surface area contributed by atoms with E-state index in [-0.39, 0.29) is 17.7 Å². The molecule has 122 valence electrons. The third-order valence-electron chi connectivity index (χ3n) is 4.64. The molecule has 0 aromatic carbocycles. The molecule has 2 N–H and O–H groups in total. The predicted molar refractivity (Wildman–Crippen MR) is 89.3 cm³/mol. The molecule has 2 aliphatic rings. The highest BCUT2D eigenvalue weighted by Gasteiger charge is 2.40. The topological polar surface area (TPSA) is 50.4 Å². The Morgan fingerprint density at radius 2 is 2.14 bits per heavy atom. The molecular weight excluding hydrogens is 296 g/mol. The third kappa shape index (κ3) is 3.30. The van der Waals surface area contributed by atoms with Gasteiger partial charge in [-0.25, -0.2) is 4.79 Å². The Morgan fingerprint density at radius 3 is 2.82 bits per heavy atom. The lowest BCUT2D eigenvalue weighted by molar-refractivity contribution is 0.0477. The first-order valence-electron chi connectivity index (χ1n) is 8.19. The molecule has 0 unspecified atom stereocenters. The van der Waals surface area contributed by atoms with Crippen molar-refractivity contribution >= 4 is 17.4 Å². The van der Waals surface area contributed by atoms with E-state index in [0.29, 0.717) is 0 Å². The van der Waals surface area contributed by atoms with E-state index < -0.39 is 5.60 Å². The van der Waals surface area contributed by atoms with Crippen molar-refractivity contribution < 1.29 is 9.53 Å². The Labute approximate surface area is 136 Å². The number of fused-ring (bicyclic) bond motifs is 2. The number of carbonyl (C=O) groups is 1. The summed E-state index contributed by atoms with van der Waals surface area (Å²) in [6, 6.07) is 2.51. The van der Waals surface area contributed by atoms with Gasteiger partial charge < -0.3 is 15.4 Å². The fourth-order valence-corrected chi connectivity index (χ4v) is 4.63. The Bertz CT molecular complexity index is 539. The van der Waals surface area contributed by atoms with Gasteiger partial charge in [0, 0.05) is 23.0 Å². The highest BCUT2D eigenvalue weighted by atomic mass is 32.1. The summed E-state index contributed by atoms with van der Waals surface area (Å²) >= 11 is 1.88. The quantitative estimate of drug-likeness (QED) is 0.831. The van der Waals surface area contributed by atoms with E-state index in [1.54, 1.807) is 0 Å². The van der Waals surface area contributed by atoms with E-state index in [4.69, 9.17) is 4.74 Å². The number of hydrogen-bond donors (Lipinski definition) is 2. The molecule has 22 heavy (non-hydrogen) atoms. The molecule has 0 saturated heterocycles. The number of alkyl carbamates (subject to hydrolysis) is 1. The fourth-order valence-electron chi connectivity index (χ4n) is 3.65. The second kappa shape index (κ2) is 5.85.